The molecule has 0 bridgehead atoms. The van der Waals surface area contributed by atoms with E-state index in [1.165, 1.54) is 49.4 Å². The Balaban J connectivity index is 1.59. The van der Waals surface area contributed by atoms with Crippen molar-refractivity contribution in [2.45, 2.75) is 16.7 Å². The molecular weight excluding hydrogens is 1020 g/mol. The van der Waals surface area contributed by atoms with Crippen LogP contribution in [0, 0.1) is 29.6 Å². The van der Waals surface area contributed by atoms with Crippen molar-refractivity contribution in [2.75, 3.05) is 28.7 Å². The molecule has 70 heavy (non-hydrogen) atoms. The molecule has 0 unspecified atom stereocenters. The fourth-order valence-corrected chi connectivity index (χ4v) is 8.84. The second-order valence-corrected chi connectivity index (χ2v) is 20.5. The van der Waals surface area contributed by atoms with Crippen molar-refractivity contribution in [3.63, 3.8) is 0 Å². The molecule has 30 heteroatoms. The lowest BCUT2D eigenvalue weighted by Gasteiger charge is -2.16. The van der Waals surface area contributed by atoms with Gasteiger partial charge in [-0.2, -0.15) is 27.4 Å². The van der Waals surface area contributed by atoms with Crippen LogP contribution in [0.2, 0.25) is 0 Å². The topological polar surface area (TPSA) is 402 Å². The van der Waals surface area contributed by atoms with Crippen LogP contribution in [0.3, 0.4) is 0 Å². The van der Waals surface area contributed by atoms with Crippen molar-refractivity contribution in [1.29, 1.82) is 10.5 Å². The highest BCUT2D eigenvalue weighted by atomic mass is 32.2. The third-order valence-corrected chi connectivity index (χ3v) is 13.0. The summed E-state index contributed by atoms with van der Waals surface area (Å²) in [5.74, 6) is -3.25. The molecule has 0 amide bonds. The number of carboxylic acid groups (broad SMARTS) is 2. The maximum Gasteiger partial charge on any atom is 0.335 e. The zero-order chi connectivity index (χ0) is 51.3. The number of aromatic nitrogens is 1. The van der Waals surface area contributed by atoms with E-state index in [1.807, 2.05) is 12.1 Å². The average molecular weight is 1050 g/mol. The number of sulfonamides is 1. The van der Waals surface area contributed by atoms with Gasteiger partial charge in [0.2, 0.25) is 10.0 Å². The molecule has 0 aliphatic carbocycles. The first-order valence-electron chi connectivity index (χ1n) is 18.8. The Bertz CT molecular complexity index is 3680. The number of hydrogen-bond donors (Lipinski definition) is 7. The summed E-state index contributed by atoms with van der Waals surface area (Å²) in [5.41, 5.74) is -1.67. The third-order valence-electron chi connectivity index (χ3n) is 9.08. The number of azo groups is 2. The lowest BCUT2D eigenvalue weighted by Crippen LogP contribution is -2.09. The van der Waals surface area contributed by atoms with Gasteiger partial charge in [-0.15, -0.1) is 20.5 Å². The molecule has 0 spiro atoms. The van der Waals surface area contributed by atoms with Crippen molar-refractivity contribution >= 4 is 120 Å². The average Bonchev–Trinajstić information content (AvgIpc) is 3.64. The number of carbonyl (C=O) groups is 2. The molecule has 0 aliphatic heterocycles. The van der Waals surface area contributed by atoms with E-state index in [9.17, 15) is 68.9 Å². The van der Waals surface area contributed by atoms with Gasteiger partial charge < -0.3 is 33.6 Å². The van der Waals surface area contributed by atoms with Gasteiger partial charge in [0.25, 0.3) is 20.2 Å². The Kier molecular flexibility index (Phi) is 15.1. The minimum Gasteiger partial charge on any atom is -0.478 e. The normalized spacial score (nSPS) is 12.4. The van der Waals surface area contributed by atoms with Gasteiger partial charge in [0.1, 0.15) is 28.4 Å². The van der Waals surface area contributed by atoms with E-state index in [-0.39, 0.29) is 83.6 Å². The summed E-state index contributed by atoms with van der Waals surface area (Å²) in [6.45, 7) is 1.45. The molecule has 0 saturated heterocycles. The van der Waals surface area contributed by atoms with Crippen molar-refractivity contribution in [1.82, 2.24) is 4.98 Å². The van der Waals surface area contributed by atoms with E-state index in [1.54, 1.807) is 0 Å². The second kappa shape index (κ2) is 20.7. The van der Waals surface area contributed by atoms with Crippen LogP contribution in [0.4, 0.5) is 55.8 Å². The first kappa shape index (κ1) is 51.3. The number of thiophene rings is 1. The van der Waals surface area contributed by atoms with E-state index >= 15 is 0 Å². The Morgan fingerprint density at radius 2 is 1.23 bits per heavy atom. The van der Waals surface area contributed by atoms with E-state index in [0.717, 1.165) is 55.8 Å². The lowest BCUT2D eigenvalue weighted by atomic mass is 10.0. The molecule has 0 radical (unpaired) electrons. The van der Waals surface area contributed by atoms with Crippen molar-refractivity contribution in [3.05, 3.63) is 113 Å². The van der Waals surface area contributed by atoms with Crippen LogP contribution in [0.15, 0.2) is 120 Å². The summed E-state index contributed by atoms with van der Waals surface area (Å²) < 4.78 is 114. The van der Waals surface area contributed by atoms with Crippen LogP contribution in [0.1, 0.15) is 37.4 Å². The van der Waals surface area contributed by atoms with E-state index in [2.05, 4.69) is 45.2 Å². The summed E-state index contributed by atoms with van der Waals surface area (Å²) in [6.07, 6.45) is 0.850. The standard InChI is InChI=1S/C40H30N11O14S5/c1-20-31(18-41)35(43-24-4-8-29(9-5-24)69(59,60)61)45-36(44-25-6-10-30(11-7-25)70(62,63)64)34(20)47-48-37-32(19-42)33(21-13-27(50-67(56)65-2)17-28(14-21)51-68(3,57)58)38(66-37)49-46-26-15-22(39(52)53)12-23(16-26)40(54)55/h4-17,51H,1-3H3,(H,52,53)(H,54,55)(H2,43,44,45)(H,59,60,61)(H,62,63,64)/q-1. The van der Waals surface area contributed by atoms with Crippen molar-refractivity contribution in [2.24, 2.45) is 24.8 Å². The van der Waals surface area contributed by atoms with Gasteiger partial charge in [0.15, 0.2) is 16.6 Å². The fourth-order valence-electron chi connectivity index (χ4n) is 6.06. The summed E-state index contributed by atoms with van der Waals surface area (Å²) in [6, 6.07) is 20.1. The second-order valence-electron chi connectivity index (χ2n) is 14.0. The molecule has 0 atom stereocenters. The summed E-state index contributed by atoms with van der Waals surface area (Å²) in [5, 5.41) is 62.8. The minimum absolute atomic E-state index is 0.00503. The van der Waals surface area contributed by atoms with Crippen molar-refractivity contribution in [3.8, 4) is 23.3 Å². The number of benzene rings is 4. The maximum atomic E-state index is 12.4. The quantitative estimate of drug-likeness (QED) is 0.0255. The molecule has 2 aromatic heterocycles. The molecular formula is C40H30N11O14S5-. The Morgan fingerprint density at radius 3 is 1.71 bits per heavy atom. The fraction of sp³-hybridized carbons (Fsp3) is 0.0750. The highest BCUT2D eigenvalue weighted by molar-refractivity contribution is 7.92. The largest absolute Gasteiger partial charge is 0.478 e. The number of hydrogen-bond acceptors (Lipinski definition) is 22. The number of nitriles is 2. The number of aromatic carboxylic acids is 2. The number of nitrogens with one attached hydrogen (secondary N) is 3. The van der Waals surface area contributed by atoms with Crippen LogP contribution in [0.5, 0.6) is 0 Å². The molecule has 6 rings (SSSR count). The van der Waals surface area contributed by atoms with Crippen LogP contribution < -0.4 is 15.4 Å². The van der Waals surface area contributed by atoms with Gasteiger partial charge in [-0.25, -0.2) is 23.0 Å². The highest BCUT2D eigenvalue weighted by Gasteiger charge is 2.24. The lowest BCUT2D eigenvalue weighted by molar-refractivity contribution is 0.0696. The van der Waals surface area contributed by atoms with Gasteiger partial charge in [-0.1, -0.05) is 22.2 Å². The molecule has 25 nitrogen and oxygen atoms in total. The Hall–Kier alpha value is -8.07. The van der Waals surface area contributed by atoms with Gasteiger partial charge in [0, 0.05) is 35.3 Å². The Morgan fingerprint density at radius 1 is 0.700 bits per heavy atom. The molecule has 0 aliphatic rings. The maximum absolute atomic E-state index is 12.4. The monoisotopic (exact) mass is 1050 g/mol. The number of pyridine rings is 1. The van der Waals surface area contributed by atoms with Crippen LogP contribution in [-0.2, 0) is 49.5 Å². The van der Waals surface area contributed by atoms with Gasteiger partial charge in [-0.3, -0.25) is 13.8 Å². The van der Waals surface area contributed by atoms with E-state index in [0.29, 0.717) is 11.3 Å². The van der Waals surface area contributed by atoms with Gasteiger partial charge in [-0.05, 0) is 97.4 Å². The zero-order valence-corrected chi connectivity index (χ0v) is 39.7. The van der Waals surface area contributed by atoms with Crippen LogP contribution in [0.25, 0.3) is 11.1 Å². The van der Waals surface area contributed by atoms with Crippen molar-refractivity contribution < 1.29 is 62.6 Å². The van der Waals surface area contributed by atoms with Crippen LogP contribution >= 0.6 is 11.3 Å². The third kappa shape index (κ3) is 12.5. The number of anilines is 5. The van der Waals surface area contributed by atoms with E-state index < -0.39 is 74.0 Å². The molecule has 2 heterocycles. The first-order chi connectivity index (χ1) is 32.9. The Labute approximate surface area is 402 Å². The first-order valence-corrected chi connectivity index (χ1v) is 25.5. The minimum atomic E-state index is -4.61. The smallest absolute Gasteiger partial charge is 0.335 e. The van der Waals surface area contributed by atoms with Crippen LogP contribution in [-0.4, -0.2) is 74.9 Å². The SMILES string of the molecule is CO[S-](=O)=Nc1cc(NS(C)(=O)=O)cc(-c2c(N=Nc3cc(C(=O)O)cc(C(=O)O)c3)sc(N=Nc3c(Nc4ccc(S(=O)(=O)O)cc4)nc(Nc4ccc(S(=O)(=O)O)cc4)c(C#N)c3C)c2C#N)c1. The predicted octanol–water partition coefficient (Wildman–Crippen LogP) is 8.78. The molecule has 6 aromatic rings. The summed E-state index contributed by atoms with van der Waals surface area (Å²) in [7, 11) is -14.3. The summed E-state index contributed by atoms with van der Waals surface area (Å²) >= 11 is 0.656. The highest BCUT2D eigenvalue weighted by Crippen LogP contribution is 2.50. The molecule has 7 N–H and O–H groups in total. The van der Waals surface area contributed by atoms with Gasteiger partial charge in [0.05, 0.1) is 44.1 Å². The number of carboxylic acids is 2. The number of nitrogens with zero attached hydrogens (tertiary/aromatic N) is 8. The number of rotatable bonds is 17. The molecule has 0 saturated carbocycles. The summed E-state index contributed by atoms with van der Waals surface area (Å²) in [4.78, 5) is 27.4. The van der Waals surface area contributed by atoms with Gasteiger partial charge >= 0.3 is 11.9 Å². The molecule has 360 valence electrons. The zero-order valence-electron chi connectivity index (χ0n) is 35.6. The van der Waals surface area contributed by atoms with E-state index in [4.69, 9.17) is 4.18 Å². The predicted molar refractivity (Wildman–Crippen MR) is 252 cm³/mol. The molecule has 4 aromatic carbocycles. The molecule has 0 fully saturated rings.